The van der Waals surface area contributed by atoms with Gasteiger partial charge in [-0.1, -0.05) is 22.9 Å². The van der Waals surface area contributed by atoms with Gasteiger partial charge in [0.2, 0.25) is 0 Å². The molecule has 0 N–H and O–H groups in total. The van der Waals surface area contributed by atoms with Crippen LogP contribution in [0.5, 0.6) is 0 Å². The molecule has 5 nitrogen and oxygen atoms in total. The largest absolute Gasteiger partial charge is 0.336 e. The van der Waals surface area contributed by atoms with Gasteiger partial charge in [-0.25, -0.2) is 4.68 Å². The van der Waals surface area contributed by atoms with E-state index in [0.29, 0.717) is 11.6 Å². The van der Waals surface area contributed by atoms with Crippen molar-refractivity contribution in [3.63, 3.8) is 0 Å². The number of carbonyl (C=O) groups excluding carboxylic acids is 1. The van der Waals surface area contributed by atoms with Crippen molar-refractivity contribution < 1.29 is 4.79 Å². The number of benzene rings is 1. The molecule has 0 radical (unpaired) electrons. The Morgan fingerprint density at radius 2 is 1.96 bits per heavy atom. The molecule has 4 rings (SSSR count). The second-order valence-corrected chi connectivity index (χ2v) is 7.83. The van der Waals surface area contributed by atoms with Gasteiger partial charge in [-0.15, -0.1) is 5.10 Å². The second kappa shape index (κ2) is 6.59. The highest BCUT2D eigenvalue weighted by molar-refractivity contribution is 7.99. The Labute approximate surface area is 146 Å². The van der Waals surface area contributed by atoms with E-state index < -0.39 is 0 Å². The predicted molar refractivity (Wildman–Crippen MR) is 95.9 cm³/mol. The Balaban J connectivity index is 1.68. The Morgan fingerprint density at radius 1 is 1.17 bits per heavy atom. The van der Waals surface area contributed by atoms with Crippen molar-refractivity contribution in [1.82, 2.24) is 19.9 Å². The predicted octanol–water partition coefficient (Wildman–Crippen LogP) is 3.03. The maximum absolute atomic E-state index is 13.0. The number of thioether (sulfide) groups is 1. The molecule has 1 amide bonds. The summed E-state index contributed by atoms with van der Waals surface area (Å²) in [6, 6.07) is 8.24. The summed E-state index contributed by atoms with van der Waals surface area (Å²) in [7, 11) is 0. The number of carbonyl (C=O) groups is 1. The molecule has 0 unspecified atom stereocenters. The highest BCUT2D eigenvalue weighted by atomic mass is 32.2. The minimum atomic E-state index is 0.0535. The fraction of sp³-hybridized carbons (Fsp3) is 0.500. The van der Waals surface area contributed by atoms with Crippen molar-refractivity contribution in [1.29, 1.82) is 0 Å². The van der Waals surface area contributed by atoms with E-state index in [1.54, 1.807) is 0 Å². The van der Waals surface area contributed by atoms with Crippen molar-refractivity contribution in [2.75, 3.05) is 24.6 Å². The zero-order chi connectivity index (χ0) is 16.5. The molecule has 2 aliphatic rings. The van der Waals surface area contributed by atoms with Gasteiger partial charge in [0.25, 0.3) is 5.91 Å². The van der Waals surface area contributed by atoms with Gasteiger partial charge < -0.3 is 4.90 Å². The Kier molecular flexibility index (Phi) is 4.31. The van der Waals surface area contributed by atoms with Crippen molar-refractivity contribution in [3.8, 4) is 5.69 Å². The van der Waals surface area contributed by atoms with Gasteiger partial charge >= 0.3 is 0 Å². The molecule has 0 bridgehead atoms. The monoisotopic (exact) mass is 342 g/mol. The summed E-state index contributed by atoms with van der Waals surface area (Å²) >= 11 is 1.92. The zero-order valence-corrected chi connectivity index (χ0v) is 14.8. The summed E-state index contributed by atoms with van der Waals surface area (Å²) in [5.74, 6) is 2.62. The van der Waals surface area contributed by atoms with Gasteiger partial charge in [0.1, 0.15) is 0 Å². The molecule has 24 heavy (non-hydrogen) atoms. The second-order valence-electron chi connectivity index (χ2n) is 6.60. The fourth-order valence-electron chi connectivity index (χ4n) is 3.14. The number of aromatic nitrogens is 3. The van der Waals surface area contributed by atoms with Crippen LogP contribution in [-0.2, 0) is 0 Å². The highest BCUT2D eigenvalue weighted by Crippen LogP contribution is 2.42. The molecule has 0 spiro atoms. The van der Waals surface area contributed by atoms with Crippen molar-refractivity contribution in [2.24, 2.45) is 0 Å². The van der Waals surface area contributed by atoms with Crippen molar-refractivity contribution in [2.45, 2.75) is 32.1 Å². The first-order valence-corrected chi connectivity index (χ1v) is 9.79. The van der Waals surface area contributed by atoms with Crippen molar-refractivity contribution in [3.05, 3.63) is 41.2 Å². The summed E-state index contributed by atoms with van der Waals surface area (Å²) in [6.45, 7) is 3.71. The van der Waals surface area contributed by atoms with Crippen LogP contribution in [0, 0.1) is 6.92 Å². The van der Waals surface area contributed by atoms with Crippen LogP contribution in [0.3, 0.4) is 0 Å². The summed E-state index contributed by atoms with van der Waals surface area (Å²) in [5.41, 5.74) is 3.76. The Morgan fingerprint density at radius 3 is 2.71 bits per heavy atom. The third-order valence-electron chi connectivity index (χ3n) is 4.66. The molecule has 2 aromatic rings. The van der Waals surface area contributed by atoms with E-state index in [1.807, 2.05) is 33.5 Å². The van der Waals surface area contributed by atoms with Gasteiger partial charge in [0, 0.05) is 24.8 Å². The van der Waals surface area contributed by atoms with Crippen molar-refractivity contribution >= 4 is 17.7 Å². The normalized spacial score (nSPS) is 18.5. The van der Waals surface area contributed by atoms with Gasteiger partial charge in [0.05, 0.1) is 11.4 Å². The molecule has 0 atom stereocenters. The van der Waals surface area contributed by atoms with Gasteiger partial charge in [0.15, 0.2) is 5.69 Å². The fourth-order valence-corrected chi connectivity index (χ4v) is 4.03. The van der Waals surface area contributed by atoms with E-state index in [-0.39, 0.29) is 5.91 Å². The average molecular weight is 342 g/mol. The van der Waals surface area contributed by atoms with Crippen LogP contribution in [0.2, 0.25) is 0 Å². The van der Waals surface area contributed by atoms with E-state index in [1.165, 1.54) is 5.56 Å². The molecule has 1 saturated carbocycles. The summed E-state index contributed by atoms with van der Waals surface area (Å²) in [6.07, 6.45) is 3.30. The topological polar surface area (TPSA) is 51.0 Å². The lowest BCUT2D eigenvalue weighted by atomic mass is 10.1. The smallest absolute Gasteiger partial charge is 0.276 e. The first-order chi connectivity index (χ1) is 11.7. The summed E-state index contributed by atoms with van der Waals surface area (Å²) < 4.78 is 1.87. The van der Waals surface area contributed by atoms with E-state index in [0.717, 1.165) is 55.2 Å². The molecular formula is C18H22N4OS. The third-order valence-corrected chi connectivity index (χ3v) is 5.71. The first kappa shape index (κ1) is 15.7. The molecule has 6 heteroatoms. The quantitative estimate of drug-likeness (QED) is 0.860. The lowest BCUT2D eigenvalue weighted by molar-refractivity contribution is 0.0761. The number of hydrogen-bond acceptors (Lipinski definition) is 4. The Hall–Kier alpha value is -1.82. The minimum Gasteiger partial charge on any atom is -0.336 e. The van der Waals surface area contributed by atoms with Crippen LogP contribution >= 0.6 is 11.8 Å². The van der Waals surface area contributed by atoms with Gasteiger partial charge in [-0.2, -0.15) is 11.8 Å². The van der Waals surface area contributed by atoms with Crippen LogP contribution in [0.4, 0.5) is 0 Å². The number of aryl methyl sites for hydroxylation is 1. The SMILES string of the molecule is Cc1ccc(-n2nnc(C(=O)N3CCCSCC3)c2C2CC2)cc1. The van der Waals surface area contributed by atoms with Gasteiger partial charge in [-0.05, 0) is 44.1 Å². The number of rotatable bonds is 3. The van der Waals surface area contributed by atoms with E-state index in [4.69, 9.17) is 0 Å². The molecule has 2 heterocycles. The van der Waals surface area contributed by atoms with Gasteiger partial charge in [-0.3, -0.25) is 4.79 Å². The highest BCUT2D eigenvalue weighted by Gasteiger charge is 2.35. The van der Waals surface area contributed by atoms with Crippen LogP contribution in [0.1, 0.15) is 46.9 Å². The maximum Gasteiger partial charge on any atom is 0.276 e. The average Bonchev–Trinajstić information content (AvgIpc) is 3.39. The molecule has 1 aromatic carbocycles. The standard InChI is InChI=1S/C18H22N4OS/c1-13-3-7-15(8-4-13)22-17(14-5-6-14)16(19-20-22)18(23)21-9-2-11-24-12-10-21/h3-4,7-8,14H,2,5-6,9-12H2,1H3. The van der Waals surface area contributed by atoms with E-state index >= 15 is 0 Å². The Bertz CT molecular complexity index is 728. The lowest BCUT2D eigenvalue weighted by Crippen LogP contribution is -2.33. The molecule has 1 aromatic heterocycles. The third kappa shape index (κ3) is 3.07. The number of hydrogen-bond donors (Lipinski definition) is 0. The van der Waals surface area contributed by atoms with Crippen LogP contribution in [0.25, 0.3) is 5.69 Å². The lowest BCUT2D eigenvalue weighted by Gasteiger charge is -2.19. The first-order valence-electron chi connectivity index (χ1n) is 8.63. The van der Waals surface area contributed by atoms with Crippen LogP contribution in [0.15, 0.2) is 24.3 Å². The maximum atomic E-state index is 13.0. The van der Waals surface area contributed by atoms with Crippen LogP contribution < -0.4 is 0 Å². The molecular weight excluding hydrogens is 320 g/mol. The molecule has 2 fully saturated rings. The number of amides is 1. The zero-order valence-electron chi connectivity index (χ0n) is 13.9. The van der Waals surface area contributed by atoms with E-state index in [9.17, 15) is 4.79 Å². The summed E-state index contributed by atoms with van der Waals surface area (Å²) in [5, 5.41) is 8.63. The molecule has 1 aliphatic carbocycles. The summed E-state index contributed by atoms with van der Waals surface area (Å²) in [4.78, 5) is 15.0. The minimum absolute atomic E-state index is 0.0535. The van der Waals surface area contributed by atoms with Crippen LogP contribution in [-0.4, -0.2) is 50.4 Å². The molecule has 1 saturated heterocycles. The van der Waals surface area contributed by atoms with E-state index in [2.05, 4.69) is 29.4 Å². The number of nitrogens with zero attached hydrogens (tertiary/aromatic N) is 4. The molecule has 126 valence electrons. The molecule has 1 aliphatic heterocycles.